The Morgan fingerprint density at radius 2 is 1.84 bits per heavy atom. The van der Waals surface area contributed by atoms with Crippen LogP contribution in [0.1, 0.15) is 22.0 Å². The van der Waals surface area contributed by atoms with Gasteiger partial charge in [-0.2, -0.15) is 0 Å². The second-order valence-electron chi connectivity index (χ2n) is 7.89. The van der Waals surface area contributed by atoms with Gasteiger partial charge in [0, 0.05) is 42.8 Å². The summed E-state index contributed by atoms with van der Waals surface area (Å²) in [6.07, 6.45) is 0. The number of aryl methyl sites for hydroxylation is 1. The van der Waals surface area contributed by atoms with E-state index in [9.17, 15) is 4.79 Å². The normalized spacial score (nSPS) is 15.5. The molecule has 1 aliphatic heterocycles. The lowest BCUT2D eigenvalue weighted by Gasteiger charge is -2.36. The van der Waals surface area contributed by atoms with Gasteiger partial charge in [0.2, 0.25) is 5.91 Å². The van der Waals surface area contributed by atoms with Crippen molar-refractivity contribution >= 4 is 22.9 Å². The molecule has 3 aromatic rings. The van der Waals surface area contributed by atoms with Crippen LogP contribution in [0, 0.1) is 6.92 Å². The maximum atomic E-state index is 12.9. The average Bonchev–Trinajstić information content (AvgIpc) is 3.33. The molecule has 31 heavy (non-hydrogen) atoms. The Hall–Kier alpha value is -2.83. The van der Waals surface area contributed by atoms with E-state index in [-0.39, 0.29) is 11.9 Å². The van der Waals surface area contributed by atoms with Crippen molar-refractivity contribution in [2.24, 2.45) is 0 Å². The number of hydrogen-bond acceptors (Lipinski definition) is 5. The largest absolute Gasteiger partial charge is 0.497 e. The topological polar surface area (TPSA) is 44.8 Å². The Balaban J connectivity index is 1.35. The van der Waals surface area contributed by atoms with Gasteiger partial charge in [-0.15, -0.1) is 11.3 Å². The van der Waals surface area contributed by atoms with Crippen LogP contribution in [-0.4, -0.2) is 50.6 Å². The molecular formula is C25H29N3O2S. The molecule has 1 aromatic heterocycles. The van der Waals surface area contributed by atoms with E-state index in [2.05, 4.69) is 69.9 Å². The molecular weight excluding hydrogens is 406 g/mol. The Bertz CT molecular complexity index is 980. The van der Waals surface area contributed by atoms with Gasteiger partial charge in [-0.3, -0.25) is 9.69 Å². The summed E-state index contributed by atoms with van der Waals surface area (Å²) in [5, 5.41) is 5.32. The first kappa shape index (κ1) is 21.4. The Labute approximate surface area is 188 Å². The number of benzene rings is 2. The van der Waals surface area contributed by atoms with E-state index in [0.29, 0.717) is 6.54 Å². The van der Waals surface area contributed by atoms with Crippen LogP contribution in [0.3, 0.4) is 0 Å². The Morgan fingerprint density at radius 1 is 1.06 bits per heavy atom. The molecule has 6 heteroatoms. The van der Waals surface area contributed by atoms with E-state index in [4.69, 9.17) is 4.74 Å². The number of amides is 1. The lowest BCUT2D eigenvalue weighted by atomic mass is 10.0. The first-order valence-electron chi connectivity index (χ1n) is 10.6. The number of rotatable bonds is 7. The highest BCUT2D eigenvalue weighted by molar-refractivity contribution is 7.10. The van der Waals surface area contributed by atoms with E-state index >= 15 is 0 Å². The van der Waals surface area contributed by atoms with Gasteiger partial charge in [0.25, 0.3) is 0 Å². The van der Waals surface area contributed by atoms with E-state index in [1.54, 1.807) is 18.4 Å². The smallest absolute Gasteiger partial charge is 0.234 e. The van der Waals surface area contributed by atoms with Crippen molar-refractivity contribution in [1.29, 1.82) is 0 Å². The number of nitrogens with one attached hydrogen (secondary N) is 1. The summed E-state index contributed by atoms with van der Waals surface area (Å²) in [6, 6.07) is 20.6. The number of nitrogens with zero attached hydrogens (tertiary/aromatic N) is 2. The highest BCUT2D eigenvalue weighted by atomic mass is 32.1. The summed E-state index contributed by atoms with van der Waals surface area (Å²) in [7, 11) is 1.69. The van der Waals surface area contributed by atoms with Crippen LogP contribution in [0.25, 0.3) is 0 Å². The van der Waals surface area contributed by atoms with Gasteiger partial charge in [-0.1, -0.05) is 42.0 Å². The fraction of sp³-hybridized carbons (Fsp3) is 0.320. The fourth-order valence-electron chi connectivity index (χ4n) is 3.91. The molecule has 1 amide bonds. The fourth-order valence-corrected chi connectivity index (χ4v) is 4.72. The van der Waals surface area contributed by atoms with E-state index in [1.165, 1.54) is 11.3 Å². The SMILES string of the molecule is COc1cccc(N2CCN(CC(=O)NC(c3ccc(C)cc3)c3cccs3)CC2)c1. The third-order valence-corrected chi connectivity index (χ3v) is 6.64. The van der Waals surface area contributed by atoms with Crippen LogP contribution in [0.4, 0.5) is 5.69 Å². The quantitative estimate of drug-likeness (QED) is 0.607. The molecule has 0 saturated carbocycles. The van der Waals surface area contributed by atoms with Crippen molar-refractivity contribution in [3.63, 3.8) is 0 Å². The van der Waals surface area contributed by atoms with Crippen LogP contribution < -0.4 is 15.0 Å². The first-order valence-corrected chi connectivity index (χ1v) is 11.5. The molecule has 162 valence electrons. The molecule has 1 unspecified atom stereocenters. The molecule has 1 fully saturated rings. The Morgan fingerprint density at radius 3 is 2.52 bits per heavy atom. The van der Waals surface area contributed by atoms with Crippen LogP contribution in [-0.2, 0) is 4.79 Å². The minimum Gasteiger partial charge on any atom is -0.497 e. The standard InChI is InChI=1S/C25H29N3O2S/c1-19-8-10-20(11-9-19)25(23-7-4-16-31-23)26-24(29)18-27-12-14-28(15-13-27)21-5-3-6-22(17-21)30-2/h3-11,16-17,25H,12-15,18H2,1-2H3,(H,26,29). The number of ether oxygens (including phenoxy) is 1. The first-order chi connectivity index (χ1) is 15.1. The number of carbonyl (C=O) groups excluding carboxylic acids is 1. The zero-order valence-corrected chi connectivity index (χ0v) is 18.9. The summed E-state index contributed by atoms with van der Waals surface area (Å²) in [4.78, 5) is 18.6. The van der Waals surface area contributed by atoms with Gasteiger partial charge in [-0.25, -0.2) is 0 Å². The number of piperazine rings is 1. The van der Waals surface area contributed by atoms with Gasteiger partial charge in [-0.05, 0) is 36.1 Å². The van der Waals surface area contributed by atoms with E-state index < -0.39 is 0 Å². The van der Waals surface area contributed by atoms with Crippen LogP contribution in [0.2, 0.25) is 0 Å². The molecule has 1 N–H and O–H groups in total. The Kier molecular flexibility index (Phi) is 6.89. The minimum absolute atomic E-state index is 0.0637. The second kappa shape index (κ2) is 9.98. The molecule has 5 nitrogen and oxygen atoms in total. The molecule has 0 spiro atoms. The maximum absolute atomic E-state index is 12.9. The summed E-state index contributed by atoms with van der Waals surface area (Å²) in [5.41, 5.74) is 3.50. The molecule has 2 aromatic carbocycles. The van der Waals surface area contributed by atoms with Crippen molar-refractivity contribution in [3.05, 3.63) is 82.0 Å². The number of methoxy groups -OCH3 is 1. The lowest BCUT2D eigenvalue weighted by molar-refractivity contribution is -0.122. The molecule has 1 saturated heterocycles. The van der Waals surface area contributed by atoms with Crippen molar-refractivity contribution in [2.75, 3.05) is 44.7 Å². The van der Waals surface area contributed by atoms with Gasteiger partial charge < -0.3 is 15.0 Å². The molecule has 2 heterocycles. The number of thiophene rings is 1. The summed E-state index contributed by atoms with van der Waals surface area (Å²) in [6.45, 7) is 6.00. The highest BCUT2D eigenvalue weighted by Crippen LogP contribution is 2.26. The zero-order chi connectivity index (χ0) is 21.6. The summed E-state index contributed by atoms with van der Waals surface area (Å²) in [5.74, 6) is 0.934. The maximum Gasteiger partial charge on any atom is 0.234 e. The predicted molar refractivity (Wildman–Crippen MR) is 127 cm³/mol. The van der Waals surface area contributed by atoms with Crippen molar-refractivity contribution in [3.8, 4) is 5.75 Å². The summed E-state index contributed by atoms with van der Waals surface area (Å²) >= 11 is 1.67. The van der Waals surface area contributed by atoms with Crippen LogP contribution in [0.15, 0.2) is 66.0 Å². The van der Waals surface area contributed by atoms with Crippen LogP contribution in [0.5, 0.6) is 5.75 Å². The molecule has 1 aliphatic rings. The molecule has 0 radical (unpaired) electrons. The third-order valence-electron chi connectivity index (χ3n) is 5.70. The molecule has 0 bridgehead atoms. The van der Waals surface area contributed by atoms with E-state index in [1.807, 2.05) is 18.2 Å². The lowest BCUT2D eigenvalue weighted by Crippen LogP contribution is -2.49. The van der Waals surface area contributed by atoms with Gasteiger partial charge in [0.1, 0.15) is 5.75 Å². The van der Waals surface area contributed by atoms with Gasteiger partial charge >= 0.3 is 0 Å². The predicted octanol–water partition coefficient (Wildman–Crippen LogP) is 4.09. The highest BCUT2D eigenvalue weighted by Gasteiger charge is 2.22. The molecule has 0 aliphatic carbocycles. The number of carbonyl (C=O) groups is 1. The number of anilines is 1. The summed E-state index contributed by atoms with van der Waals surface area (Å²) < 4.78 is 5.34. The molecule has 1 atom stereocenters. The monoisotopic (exact) mass is 435 g/mol. The van der Waals surface area contributed by atoms with Crippen LogP contribution >= 0.6 is 11.3 Å². The van der Waals surface area contributed by atoms with Gasteiger partial charge in [0.15, 0.2) is 0 Å². The zero-order valence-electron chi connectivity index (χ0n) is 18.1. The second-order valence-corrected chi connectivity index (χ2v) is 8.87. The van der Waals surface area contributed by atoms with E-state index in [0.717, 1.165) is 42.4 Å². The third kappa shape index (κ3) is 5.46. The van der Waals surface area contributed by atoms with Gasteiger partial charge in [0.05, 0.1) is 19.7 Å². The average molecular weight is 436 g/mol. The number of hydrogen-bond donors (Lipinski definition) is 1. The van der Waals surface area contributed by atoms with Crippen molar-refractivity contribution < 1.29 is 9.53 Å². The minimum atomic E-state index is -0.105. The van der Waals surface area contributed by atoms with Crippen molar-refractivity contribution in [2.45, 2.75) is 13.0 Å². The van der Waals surface area contributed by atoms with Crippen molar-refractivity contribution in [1.82, 2.24) is 10.2 Å². The molecule has 4 rings (SSSR count).